The minimum Gasteiger partial charge on any atom is -0.384 e. The minimum atomic E-state index is 0.304. The fourth-order valence-electron chi connectivity index (χ4n) is 2.34. The summed E-state index contributed by atoms with van der Waals surface area (Å²) < 4.78 is 7.30. The topological polar surface area (TPSA) is 53.1 Å². The Kier molecular flexibility index (Phi) is 2.69. The molecule has 1 aliphatic rings. The van der Waals surface area contributed by atoms with E-state index in [1.165, 1.54) is 19.3 Å². The molecule has 1 aliphatic carbocycles. The molecule has 0 saturated heterocycles. The summed E-state index contributed by atoms with van der Waals surface area (Å²) in [5, 5.41) is 4.30. The van der Waals surface area contributed by atoms with Crippen LogP contribution in [-0.4, -0.2) is 23.5 Å². The van der Waals surface area contributed by atoms with Gasteiger partial charge < -0.3 is 10.5 Å². The molecule has 0 atom stereocenters. The molecule has 1 saturated carbocycles. The minimum absolute atomic E-state index is 0.304. The number of ether oxygens (including phenoxy) is 1. The molecular formula is C11H19N3O. The second-order valence-corrected chi connectivity index (χ2v) is 4.65. The van der Waals surface area contributed by atoms with Crippen LogP contribution < -0.4 is 5.73 Å². The quantitative estimate of drug-likeness (QED) is 0.819. The van der Waals surface area contributed by atoms with E-state index < -0.39 is 0 Å². The summed E-state index contributed by atoms with van der Waals surface area (Å²) >= 11 is 0. The standard InChI is InChI=1S/C11H19N3O/c1-9-6-10(12)13-14(9)7-11(8-15-2)4-3-5-11/h6H,3-5,7-8H2,1-2H3,(H2,12,13). The van der Waals surface area contributed by atoms with E-state index in [1.54, 1.807) is 7.11 Å². The van der Waals surface area contributed by atoms with Gasteiger partial charge in [0.05, 0.1) is 6.61 Å². The molecule has 2 rings (SSSR count). The summed E-state index contributed by atoms with van der Waals surface area (Å²) in [7, 11) is 1.77. The Balaban J connectivity index is 2.09. The van der Waals surface area contributed by atoms with Crippen molar-refractivity contribution in [3.8, 4) is 0 Å². The van der Waals surface area contributed by atoms with Crippen LogP contribution in [0.2, 0.25) is 0 Å². The van der Waals surface area contributed by atoms with Crippen molar-refractivity contribution in [3.63, 3.8) is 0 Å². The number of hydrogen-bond acceptors (Lipinski definition) is 3. The van der Waals surface area contributed by atoms with Crippen LogP contribution in [0, 0.1) is 12.3 Å². The first kappa shape index (κ1) is 10.5. The van der Waals surface area contributed by atoms with E-state index in [4.69, 9.17) is 10.5 Å². The number of nitrogens with zero attached hydrogens (tertiary/aromatic N) is 2. The molecule has 0 bridgehead atoms. The normalized spacial score (nSPS) is 18.8. The van der Waals surface area contributed by atoms with Crippen LogP contribution in [-0.2, 0) is 11.3 Å². The molecule has 1 heterocycles. The number of rotatable bonds is 4. The van der Waals surface area contributed by atoms with E-state index in [-0.39, 0.29) is 0 Å². The van der Waals surface area contributed by atoms with Crippen molar-refractivity contribution < 1.29 is 4.74 Å². The molecule has 0 spiro atoms. The van der Waals surface area contributed by atoms with Gasteiger partial charge in [-0.05, 0) is 19.8 Å². The van der Waals surface area contributed by atoms with Gasteiger partial charge in [-0.2, -0.15) is 5.10 Å². The van der Waals surface area contributed by atoms with Crippen LogP contribution in [0.25, 0.3) is 0 Å². The first-order valence-electron chi connectivity index (χ1n) is 5.44. The van der Waals surface area contributed by atoms with Crippen molar-refractivity contribution in [2.75, 3.05) is 19.5 Å². The molecule has 2 N–H and O–H groups in total. The van der Waals surface area contributed by atoms with Crippen LogP contribution >= 0.6 is 0 Å². The summed E-state index contributed by atoms with van der Waals surface area (Å²) in [6.45, 7) is 3.80. The van der Waals surface area contributed by atoms with Crippen molar-refractivity contribution in [2.45, 2.75) is 32.7 Å². The molecule has 1 fully saturated rings. The Morgan fingerprint density at radius 2 is 2.33 bits per heavy atom. The van der Waals surface area contributed by atoms with Gasteiger partial charge in [-0.15, -0.1) is 0 Å². The lowest BCUT2D eigenvalue weighted by Gasteiger charge is -2.41. The van der Waals surface area contributed by atoms with Gasteiger partial charge in [0.25, 0.3) is 0 Å². The van der Waals surface area contributed by atoms with Gasteiger partial charge in [0.2, 0.25) is 0 Å². The van der Waals surface area contributed by atoms with Crippen molar-refractivity contribution in [1.82, 2.24) is 9.78 Å². The summed E-state index contributed by atoms with van der Waals surface area (Å²) in [5.41, 5.74) is 7.11. The van der Waals surface area contributed by atoms with Crippen LogP contribution in [0.5, 0.6) is 0 Å². The van der Waals surface area contributed by atoms with E-state index in [0.29, 0.717) is 11.2 Å². The molecule has 4 nitrogen and oxygen atoms in total. The van der Waals surface area contributed by atoms with Crippen molar-refractivity contribution in [1.29, 1.82) is 0 Å². The number of aryl methyl sites for hydroxylation is 1. The lowest BCUT2D eigenvalue weighted by atomic mass is 9.69. The molecule has 0 unspecified atom stereocenters. The zero-order valence-electron chi connectivity index (χ0n) is 9.49. The maximum atomic E-state index is 5.67. The maximum absolute atomic E-state index is 5.67. The number of nitrogens with two attached hydrogens (primary N) is 1. The molecule has 1 aromatic rings. The van der Waals surface area contributed by atoms with Crippen LogP contribution in [0.1, 0.15) is 25.0 Å². The Morgan fingerprint density at radius 1 is 1.60 bits per heavy atom. The average Bonchev–Trinajstić information content (AvgIpc) is 2.42. The highest BCUT2D eigenvalue weighted by Crippen LogP contribution is 2.42. The second kappa shape index (κ2) is 3.85. The average molecular weight is 209 g/mol. The fourth-order valence-corrected chi connectivity index (χ4v) is 2.34. The van der Waals surface area contributed by atoms with Crippen molar-refractivity contribution in [2.24, 2.45) is 5.41 Å². The molecule has 4 heteroatoms. The lowest BCUT2D eigenvalue weighted by molar-refractivity contribution is 0.000348. The summed E-state index contributed by atoms with van der Waals surface area (Å²) in [6.07, 6.45) is 3.78. The molecule has 0 aromatic carbocycles. The Morgan fingerprint density at radius 3 is 2.73 bits per heavy atom. The van der Waals surface area contributed by atoms with Crippen molar-refractivity contribution >= 4 is 5.82 Å². The highest BCUT2D eigenvalue weighted by molar-refractivity contribution is 5.28. The Labute approximate surface area is 90.4 Å². The molecular weight excluding hydrogens is 190 g/mol. The molecule has 15 heavy (non-hydrogen) atoms. The second-order valence-electron chi connectivity index (χ2n) is 4.65. The monoisotopic (exact) mass is 209 g/mol. The molecule has 84 valence electrons. The summed E-state index contributed by atoms with van der Waals surface area (Å²) in [5.74, 6) is 0.611. The smallest absolute Gasteiger partial charge is 0.145 e. The first-order chi connectivity index (χ1) is 7.15. The molecule has 0 amide bonds. The van der Waals surface area contributed by atoms with Gasteiger partial charge in [0, 0.05) is 30.8 Å². The summed E-state index contributed by atoms with van der Waals surface area (Å²) in [6, 6.07) is 1.92. The van der Waals surface area contributed by atoms with Gasteiger partial charge in [-0.25, -0.2) is 0 Å². The van der Waals surface area contributed by atoms with Gasteiger partial charge in [-0.1, -0.05) is 6.42 Å². The fraction of sp³-hybridized carbons (Fsp3) is 0.727. The Bertz CT molecular complexity index is 342. The van der Waals surface area contributed by atoms with Crippen molar-refractivity contribution in [3.05, 3.63) is 11.8 Å². The van der Waals surface area contributed by atoms with E-state index in [2.05, 4.69) is 5.10 Å². The Hall–Kier alpha value is -1.03. The third kappa shape index (κ3) is 2.00. The SMILES string of the molecule is COCC1(Cn2nc(N)cc2C)CCC1. The number of nitrogen functional groups attached to an aromatic ring is 1. The third-order valence-electron chi connectivity index (χ3n) is 3.35. The van der Waals surface area contributed by atoms with Crippen LogP contribution in [0.15, 0.2) is 6.07 Å². The molecule has 0 radical (unpaired) electrons. The van der Waals surface area contributed by atoms with E-state index in [0.717, 1.165) is 18.8 Å². The van der Waals surface area contributed by atoms with Gasteiger partial charge in [0.1, 0.15) is 5.82 Å². The van der Waals surface area contributed by atoms with Gasteiger partial charge in [0.15, 0.2) is 0 Å². The zero-order valence-corrected chi connectivity index (χ0v) is 9.49. The highest BCUT2D eigenvalue weighted by atomic mass is 16.5. The number of hydrogen-bond donors (Lipinski definition) is 1. The highest BCUT2D eigenvalue weighted by Gasteiger charge is 2.37. The largest absolute Gasteiger partial charge is 0.384 e. The maximum Gasteiger partial charge on any atom is 0.145 e. The zero-order chi connectivity index (χ0) is 10.9. The predicted octanol–water partition coefficient (Wildman–Crippen LogP) is 1.59. The van der Waals surface area contributed by atoms with E-state index in [9.17, 15) is 0 Å². The predicted molar refractivity (Wildman–Crippen MR) is 59.5 cm³/mol. The third-order valence-corrected chi connectivity index (χ3v) is 3.35. The molecule has 1 aromatic heterocycles. The van der Waals surface area contributed by atoms with Crippen LogP contribution in [0.4, 0.5) is 5.82 Å². The molecule has 0 aliphatic heterocycles. The lowest BCUT2D eigenvalue weighted by Crippen LogP contribution is -2.38. The van der Waals surface area contributed by atoms with Gasteiger partial charge >= 0.3 is 0 Å². The number of aromatic nitrogens is 2. The number of anilines is 1. The summed E-state index contributed by atoms with van der Waals surface area (Å²) in [4.78, 5) is 0. The first-order valence-corrected chi connectivity index (χ1v) is 5.44. The number of methoxy groups -OCH3 is 1. The van der Waals surface area contributed by atoms with Gasteiger partial charge in [-0.3, -0.25) is 4.68 Å². The van der Waals surface area contributed by atoms with Crippen LogP contribution in [0.3, 0.4) is 0 Å². The van der Waals surface area contributed by atoms with E-state index >= 15 is 0 Å². The van der Waals surface area contributed by atoms with E-state index in [1.807, 2.05) is 17.7 Å².